The van der Waals surface area contributed by atoms with E-state index in [2.05, 4.69) is 183 Å². The molecule has 9 aromatic rings. The van der Waals surface area contributed by atoms with Crippen LogP contribution < -0.4 is 14.5 Å². The number of aryl methyl sites for hydroxylation is 2. The van der Waals surface area contributed by atoms with Gasteiger partial charge in [-0.05, 0) is 136 Å². The maximum Gasteiger partial charge on any atom is 0.138 e. The van der Waals surface area contributed by atoms with E-state index in [-0.39, 0.29) is 10.8 Å². The molecule has 63 heavy (non-hydrogen) atoms. The Morgan fingerprint density at radius 2 is 1.19 bits per heavy atom. The number of ether oxygens (including phenoxy) is 1. The van der Waals surface area contributed by atoms with Crippen LogP contribution in [0.4, 0.5) is 22.7 Å². The number of fused-ring (bicyclic) bond motifs is 4. The number of rotatable bonds is 7. The molecule has 3 heterocycles. The van der Waals surface area contributed by atoms with Crippen LogP contribution >= 0.6 is 0 Å². The van der Waals surface area contributed by atoms with E-state index in [1.54, 1.807) is 6.20 Å². The molecular formula is C58H54N4O. The van der Waals surface area contributed by atoms with E-state index >= 15 is 0 Å². The third-order valence-corrected chi connectivity index (χ3v) is 12.4. The van der Waals surface area contributed by atoms with Crippen LogP contribution in [-0.2, 0) is 10.8 Å². The van der Waals surface area contributed by atoms with Crippen molar-refractivity contribution in [3.05, 3.63) is 192 Å². The number of nitrogens with zero attached hydrogens (tertiary/aromatic N) is 4. The van der Waals surface area contributed by atoms with Gasteiger partial charge in [-0.15, -0.1) is 0 Å². The van der Waals surface area contributed by atoms with Crippen LogP contribution in [0.15, 0.2) is 170 Å². The normalized spacial score (nSPS) is 13.9. The van der Waals surface area contributed by atoms with Gasteiger partial charge in [0.25, 0.3) is 0 Å². The Morgan fingerprint density at radius 3 is 1.95 bits per heavy atom. The Hall–Kier alpha value is -7.11. The first-order valence-electron chi connectivity index (χ1n) is 23.3. The molecule has 1 aliphatic rings. The summed E-state index contributed by atoms with van der Waals surface area (Å²) in [6.45, 7) is 13.5. The zero-order chi connectivity index (χ0) is 46.1. The monoisotopic (exact) mass is 825 g/mol. The zero-order valence-electron chi connectivity index (χ0n) is 40.1. The molecule has 0 radical (unpaired) electrons. The first kappa shape index (κ1) is 36.5. The van der Waals surface area contributed by atoms with Crippen molar-refractivity contribution < 1.29 is 8.85 Å². The van der Waals surface area contributed by atoms with Gasteiger partial charge in [0.2, 0.25) is 0 Å². The molecule has 0 saturated heterocycles. The number of para-hydroxylation sites is 3. The molecular weight excluding hydrogens is 769 g/mol. The number of anilines is 4. The Balaban J connectivity index is 1.01. The molecule has 2 aromatic heterocycles. The van der Waals surface area contributed by atoms with E-state index in [9.17, 15) is 0 Å². The van der Waals surface area contributed by atoms with Gasteiger partial charge >= 0.3 is 0 Å². The van der Waals surface area contributed by atoms with E-state index in [4.69, 9.17) is 13.8 Å². The molecule has 312 valence electrons. The maximum absolute atomic E-state index is 8.58. The number of hydrogen-bond acceptors (Lipinski definition) is 4. The van der Waals surface area contributed by atoms with Crippen LogP contribution in [0.25, 0.3) is 49.9 Å². The first-order valence-corrected chi connectivity index (χ1v) is 21.8. The summed E-state index contributed by atoms with van der Waals surface area (Å²) in [5.41, 5.74) is 13.6. The predicted molar refractivity (Wildman–Crippen MR) is 265 cm³/mol. The standard InChI is InChI=1S/C58H54N4O/c1-38-29-43(57(3,4)5)30-39(2)56(38)41-27-28-59-55(33-41)62-51-22-13-12-21-49(51)50-26-25-48(36-54(50)62)63-47-20-16-19-45(35-47)60-37-61(53-24-15-14-23-52(53)60)46-32-42(40-17-10-9-11-18-40)31-44(34-46)58(6,7)8/h9-36H,37H2,1-8H3/i1D3. The third kappa shape index (κ3) is 7.42. The van der Waals surface area contributed by atoms with Crippen molar-refractivity contribution in [1.82, 2.24) is 9.55 Å². The largest absolute Gasteiger partial charge is 0.457 e. The van der Waals surface area contributed by atoms with E-state index in [0.717, 1.165) is 72.6 Å². The molecule has 1 aliphatic heterocycles. The number of aromatic nitrogens is 2. The average Bonchev–Trinajstić information content (AvgIpc) is 3.84. The van der Waals surface area contributed by atoms with Crippen molar-refractivity contribution in [1.29, 1.82) is 0 Å². The lowest BCUT2D eigenvalue weighted by atomic mass is 9.83. The van der Waals surface area contributed by atoms with Crippen LogP contribution in [0.2, 0.25) is 0 Å². The molecule has 0 N–H and O–H groups in total. The predicted octanol–water partition coefficient (Wildman–Crippen LogP) is 15.8. The van der Waals surface area contributed by atoms with Gasteiger partial charge in [-0.25, -0.2) is 4.98 Å². The fourth-order valence-corrected chi connectivity index (χ4v) is 9.06. The average molecular weight is 826 g/mol. The van der Waals surface area contributed by atoms with Crippen LogP contribution in [0.5, 0.6) is 11.5 Å². The lowest BCUT2D eigenvalue weighted by Gasteiger charge is -2.26. The van der Waals surface area contributed by atoms with Gasteiger partial charge < -0.3 is 14.5 Å². The Kier molecular flexibility index (Phi) is 8.90. The minimum atomic E-state index is -2.30. The van der Waals surface area contributed by atoms with Crippen molar-refractivity contribution in [3.8, 4) is 39.6 Å². The molecule has 0 spiro atoms. The van der Waals surface area contributed by atoms with Crippen molar-refractivity contribution in [2.24, 2.45) is 0 Å². The quantitative estimate of drug-likeness (QED) is 0.160. The summed E-state index contributed by atoms with van der Waals surface area (Å²) in [6, 6.07) is 57.0. The van der Waals surface area contributed by atoms with Gasteiger partial charge in [-0.3, -0.25) is 4.57 Å². The molecule has 0 fully saturated rings. The van der Waals surface area contributed by atoms with Crippen LogP contribution in [0, 0.1) is 13.8 Å². The molecule has 0 saturated carbocycles. The van der Waals surface area contributed by atoms with Crippen molar-refractivity contribution in [2.75, 3.05) is 16.5 Å². The second kappa shape index (κ2) is 15.4. The molecule has 7 aromatic carbocycles. The minimum absolute atomic E-state index is 0.0362. The van der Waals surface area contributed by atoms with Gasteiger partial charge in [0, 0.05) is 44.6 Å². The van der Waals surface area contributed by atoms with Crippen LogP contribution in [0.3, 0.4) is 0 Å². The summed E-state index contributed by atoms with van der Waals surface area (Å²) in [5, 5.41) is 2.15. The SMILES string of the molecule is [2H]C([2H])([2H])c1cc(C(C)(C)C)cc(C)c1-c1ccnc(-n2c3ccccc3c3ccc(Oc4cccc(N5CN(c6cc(-c7ccccc7)cc(C(C)(C)C)c6)c6ccccc65)c4)cc32)c1. The van der Waals surface area contributed by atoms with Crippen LogP contribution in [-0.4, -0.2) is 16.2 Å². The highest BCUT2D eigenvalue weighted by Gasteiger charge is 2.29. The first-order chi connectivity index (χ1) is 31.5. The lowest BCUT2D eigenvalue weighted by molar-refractivity contribution is 0.483. The second-order valence-corrected chi connectivity index (χ2v) is 18.9. The third-order valence-electron chi connectivity index (χ3n) is 12.4. The molecule has 0 unspecified atom stereocenters. The molecule has 5 nitrogen and oxygen atoms in total. The van der Waals surface area contributed by atoms with Gasteiger partial charge in [-0.2, -0.15) is 0 Å². The smallest absolute Gasteiger partial charge is 0.138 e. The lowest BCUT2D eigenvalue weighted by Crippen LogP contribution is -2.24. The fraction of sp³-hybridized carbons (Fsp3) is 0.190. The summed E-state index contributed by atoms with van der Waals surface area (Å²) in [7, 11) is 0. The fourth-order valence-electron chi connectivity index (χ4n) is 9.06. The second-order valence-electron chi connectivity index (χ2n) is 18.9. The van der Waals surface area contributed by atoms with Crippen LogP contribution in [0.1, 0.15) is 67.9 Å². The summed E-state index contributed by atoms with van der Waals surface area (Å²) in [5.74, 6) is 2.10. The number of hydrogen-bond donors (Lipinski definition) is 0. The van der Waals surface area contributed by atoms with E-state index in [1.807, 2.05) is 43.3 Å². The van der Waals surface area contributed by atoms with Gasteiger partial charge in [0.15, 0.2) is 0 Å². The Bertz CT molecular complexity index is 3300. The maximum atomic E-state index is 8.58. The molecule has 10 rings (SSSR count). The molecule has 0 atom stereocenters. The highest BCUT2D eigenvalue weighted by atomic mass is 16.5. The van der Waals surface area contributed by atoms with Crippen molar-refractivity contribution in [3.63, 3.8) is 0 Å². The highest BCUT2D eigenvalue weighted by molar-refractivity contribution is 6.09. The molecule has 0 aliphatic carbocycles. The Morgan fingerprint density at radius 1 is 0.524 bits per heavy atom. The van der Waals surface area contributed by atoms with E-state index in [0.29, 0.717) is 23.8 Å². The number of benzene rings is 7. The molecule has 5 heteroatoms. The topological polar surface area (TPSA) is 33.5 Å². The summed E-state index contributed by atoms with van der Waals surface area (Å²) < 4.78 is 34.6. The van der Waals surface area contributed by atoms with E-state index in [1.165, 1.54) is 16.7 Å². The van der Waals surface area contributed by atoms with Gasteiger partial charge in [0.1, 0.15) is 24.0 Å². The van der Waals surface area contributed by atoms with E-state index < -0.39 is 6.85 Å². The Labute approximate surface area is 376 Å². The zero-order valence-corrected chi connectivity index (χ0v) is 37.1. The molecule has 0 bridgehead atoms. The van der Waals surface area contributed by atoms with Gasteiger partial charge in [0.05, 0.1) is 22.4 Å². The van der Waals surface area contributed by atoms with Gasteiger partial charge in [-0.1, -0.05) is 126 Å². The van der Waals surface area contributed by atoms with Crippen molar-refractivity contribution in [2.45, 2.75) is 66.1 Å². The van der Waals surface area contributed by atoms with Crippen molar-refractivity contribution >= 4 is 44.6 Å². The highest BCUT2D eigenvalue weighted by Crippen LogP contribution is 2.47. The summed E-state index contributed by atoms with van der Waals surface area (Å²) in [6.07, 6.45) is 1.78. The molecule has 0 amide bonds. The summed E-state index contributed by atoms with van der Waals surface area (Å²) in [4.78, 5) is 9.67. The number of pyridine rings is 1. The summed E-state index contributed by atoms with van der Waals surface area (Å²) >= 11 is 0. The minimum Gasteiger partial charge on any atom is -0.457 e.